The molecule has 0 spiro atoms. The number of halogens is 3. The lowest BCUT2D eigenvalue weighted by Gasteiger charge is -2.25. The zero-order valence-electron chi connectivity index (χ0n) is 18.0. The Morgan fingerprint density at radius 3 is 2.55 bits per heavy atom. The molecule has 4 unspecified atom stereocenters. The van der Waals surface area contributed by atoms with Gasteiger partial charge in [-0.15, -0.1) is 0 Å². The van der Waals surface area contributed by atoms with E-state index in [-0.39, 0.29) is 30.6 Å². The summed E-state index contributed by atoms with van der Waals surface area (Å²) in [5.41, 5.74) is -0.880. The Hall–Kier alpha value is -1.66. The number of carbonyl (C=O) groups excluding carboxylic acids is 1. The van der Waals surface area contributed by atoms with E-state index in [4.69, 9.17) is 5.11 Å². The highest BCUT2D eigenvalue weighted by Gasteiger charge is 2.41. The molecule has 33 heavy (non-hydrogen) atoms. The predicted octanol–water partition coefficient (Wildman–Crippen LogP) is 2.81. The molecule has 0 saturated heterocycles. The van der Waals surface area contributed by atoms with Gasteiger partial charge in [0.2, 0.25) is 5.12 Å². The Morgan fingerprint density at radius 1 is 1.15 bits per heavy atom. The van der Waals surface area contributed by atoms with Crippen LogP contribution in [0.1, 0.15) is 50.5 Å². The highest BCUT2D eigenvalue weighted by molar-refractivity contribution is 8.13. The SMILES string of the molecule is O=C(O)CCCCCNC1C(CCC(O)C(=O)Sc2cccc(C(F)(F)F)c2)C(O)C[C@@H]1O. The highest BCUT2D eigenvalue weighted by atomic mass is 32.2. The normalized spacial score (nSPS) is 24.1. The van der Waals surface area contributed by atoms with Crippen molar-refractivity contribution in [1.82, 2.24) is 5.32 Å². The zero-order valence-corrected chi connectivity index (χ0v) is 18.8. The van der Waals surface area contributed by atoms with Crippen molar-refractivity contribution in [1.29, 1.82) is 0 Å². The van der Waals surface area contributed by atoms with Crippen LogP contribution < -0.4 is 5.32 Å². The number of carboxylic acid groups (broad SMARTS) is 1. The van der Waals surface area contributed by atoms with Crippen molar-refractivity contribution in [3.63, 3.8) is 0 Å². The Morgan fingerprint density at radius 2 is 1.88 bits per heavy atom. The molecule has 5 N–H and O–H groups in total. The molecule has 1 aromatic carbocycles. The van der Waals surface area contributed by atoms with E-state index in [1.54, 1.807) is 0 Å². The summed E-state index contributed by atoms with van der Waals surface area (Å²) in [5, 5.41) is 41.9. The van der Waals surface area contributed by atoms with Crippen LogP contribution in [-0.2, 0) is 15.8 Å². The quantitative estimate of drug-likeness (QED) is 0.222. The van der Waals surface area contributed by atoms with Crippen LogP contribution in [0.15, 0.2) is 29.2 Å². The molecule has 11 heteroatoms. The lowest BCUT2D eigenvalue weighted by molar-refractivity contribution is -0.138. The first-order chi connectivity index (χ1) is 15.5. The summed E-state index contributed by atoms with van der Waals surface area (Å²) in [7, 11) is 0. The number of nitrogens with one attached hydrogen (secondary N) is 1. The Labute approximate surface area is 194 Å². The number of aliphatic hydroxyl groups excluding tert-OH is 3. The number of carbonyl (C=O) groups is 2. The van der Waals surface area contributed by atoms with Gasteiger partial charge in [0.05, 0.1) is 17.8 Å². The third-order valence-electron chi connectivity index (χ3n) is 5.73. The molecule has 0 radical (unpaired) electrons. The van der Waals surface area contributed by atoms with Crippen molar-refractivity contribution < 1.29 is 43.2 Å². The maximum absolute atomic E-state index is 12.8. The number of unbranched alkanes of at least 4 members (excludes halogenated alkanes) is 2. The molecule has 1 saturated carbocycles. The average Bonchev–Trinajstić information content (AvgIpc) is 3.00. The Kier molecular flexibility index (Phi) is 10.6. The van der Waals surface area contributed by atoms with E-state index in [0.29, 0.717) is 37.6 Å². The van der Waals surface area contributed by atoms with Crippen LogP contribution in [0, 0.1) is 5.92 Å². The summed E-state index contributed by atoms with van der Waals surface area (Å²) in [4.78, 5) is 22.9. The monoisotopic (exact) mass is 493 g/mol. The summed E-state index contributed by atoms with van der Waals surface area (Å²) in [6.07, 6.45) is -5.12. The summed E-state index contributed by atoms with van der Waals surface area (Å²) in [6, 6.07) is 3.87. The average molecular weight is 494 g/mol. The predicted molar refractivity (Wildman–Crippen MR) is 116 cm³/mol. The second kappa shape index (κ2) is 12.7. The smallest absolute Gasteiger partial charge is 0.416 e. The maximum Gasteiger partial charge on any atom is 0.416 e. The molecule has 2 rings (SSSR count). The van der Waals surface area contributed by atoms with Crippen molar-refractivity contribution in [2.24, 2.45) is 5.92 Å². The third-order valence-corrected chi connectivity index (χ3v) is 6.69. The minimum atomic E-state index is -4.53. The summed E-state index contributed by atoms with van der Waals surface area (Å²) < 4.78 is 38.5. The van der Waals surface area contributed by atoms with Gasteiger partial charge >= 0.3 is 12.1 Å². The van der Waals surface area contributed by atoms with Crippen molar-refractivity contribution in [3.05, 3.63) is 29.8 Å². The van der Waals surface area contributed by atoms with Gasteiger partial charge in [-0.25, -0.2) is 0 Å². The molecule has 1 aromatic rings. The van der Waals surface area contributed by atoms with Crippen LogP contribution in [0.2, 0.25) is 0 Å². The maximum atomic E-state index is 12.8. The van der Waals surface area contributed by atoms with Gasteiger partial charge in [0.15, 0.2) is 0 Å². The fourth-order valence-electron chi connectivity index (χ4n) is 3.99. The molecule has 0 bridgehead atoms. The van der Waals surface area contributed by atoms with Gasteiger partial charge in [-0.05, 0) is 62.2 Å². The molecule has 0 amide bonds. The van der Waals surface area contributed by atoms with Crippen LogP contribution in [0.25, 0.3) is 0 Å². The standard InChI is InChI=1S/C22H30F3NO6S/c23-22(24,25)13-5-4-6-14(11-13)33-21(32)16(27)9-8-15-17(28)12-18(29)20(15)26-10-3-1-2-7-19(30)31/h4-6,11,15-18,20,26-29H,1-3,7-10,12H2,(H,30,31)/t15?,16?,17?,18-,20?/m0/s1. The number of benzene rings is 1. The van der Waals surface area contributed by atoms with E-state index in [2.05, 4.69) is 5.32 Å². The van der Waals surface area contributed by atoms with Crippen LogP contribution in [0.4, 0.5) is 13.2 Å². The highest BCUT2D eigenvalue weighted by Crippen LogP contribution is 2.34. The largest absolute Gasteiger partial charge is 0.481 e. The van der Waals surface area contributed by atoms with Crippen molar-refractivity contribution in [2.75, 3.05) is 6.54 Å². The third kappa shape index (κ3) is 8.90. The number of aliphatic hydroxyl groups is 3. The van der Waals surface area contributed by atoms with Gasteiger partial charge in [0.25, 0.3) is 0 Å². The number of aliphatic carboxylic acids is 1. The number of thioether (sulfide) groups is 1. The van der Waals surface area contributed by atoms with E-state index < -0.39 is 53.1 Å². The number of carboxylic acids is 1. The molecular weight excluding hydrogens is 463 g/mol. The minimum Gasteiger partial charge on any atom is -0.481 e. The van der Waals surface area contributed by atoms with Gasteiger partial charge in [-0.1, -0.05) is 12.5 Å². The lowest BCUT2D eigenvalue weighted by Crippen LogP contribution is -2.42. The van der Waals surface area contributed by atoms with Gasteiger partial charge in [-0.2, -0.15) is 13.2 Å². The molecule has 1 aliphatic rings. The number of rotatable bonds is 12. The topological polar surface area (TPSA) is 127 Å². The van der Waals surface area contributed by atoms with Crippen molar-refractivity contribution in [3.8, 4) is 0 Å². The van der Waals surface area contributed by atoms with E-state index in [1.807, 2.05) is 0 Å². The van der Waals surface area contributed by atoms with Gasteiger partial charge in [-0.3, -0.25) is 9.59 Å². The first kappa shape index (κ1) is 27.6. The number of hydrogen-bond acceptors (Lipinski definition) is 7. The second-order valence-corrected chi connectivity index (χ2v) is 9.34. The first-order valence-corrected chi connectivity index (χ1v) is 11.7. The van der Waals surface area contributed by atoms with E-state index >= 15 is 0 Å². The number of alkyl halides is 3. The van der Waals surface area contributed by atoms with Crippen LogP contribution in [0.5, 0.6) is 0 Å². The van der Waals surface area contributed by atoms with Crippen LogP contribution in [-0.4, -0.2) is 62.4 Å². The van der Waals surface area contributed by atoms with E-state index in [9.17, 15) is 38.1 Å². The van der Waals surface area contributed by atoms with Crippen molar-refractivity contribution in [2.45, 2.75) is 80.4 Å². The van der Waals surface area contributed by atoms with Crippen LogP contribution in [0.3, 0.4) is 0 Å². The van der Waals surface area contributed by atoms with E-state index in [1.165, 1.54) is 12.1 Å². The fourth-order valence-corrected chi connectivity index (χ4v) is 4.81. The Bertz CT molecular complexity index is 794. The molecular formula is C22H30F3NO6S. The van der Waals surface area contributed by atoms with Crippen LogP contribution >= 0.6 is 11.8 Å². The molecule has 0 heterocycles. The Balaban J connectivity index is 1.83. The van der Waals surface area contributed by atoms with Gasteiger partial charge in [0, 0.05) is 29.7 Å². The van der Waals surface area contributed by atoms with E-state index in [0.717, 1.165) is 12.1 Å². The molecule has 1 fully saturated rings. The van der Waals surface area contributed by atoms with Gasteiger partial charge < -0.3 is 25.7 Å². The van der Waals surface area contributed by atoms with Crippen molar-refractivity contribution >= 4 is 22.8 Å². The molecule has 5 atom stereocenters. The fraction of sp³-hybridized carbons (Fsp3) is 0.636. The zero-order chi connectivity index (χ0) is 24.6. The molecule has 186 valence electrons. The molecule has 7 nitrogen and oxygen atoms in total. The summed E-state index contributed by atoms with van der Waals surface area (Å²) in [6.45, 7) is 0.525. The minimum absolute atomic E-state index is 0.00394. The molecule has 1 aliphatic carbocycles. The first-order valence-electron chi connectivity index (χ1n) is 10.9. The molecule has 0 aliphatic heterocycles. The second-order valence-electron chi connectivity index (χ2n) is 8.26. The molecule has 0 aromatic heterocycles. The van der Waals surface area contributed by atoms with Gasteiger partial charge in [0.1, 0.15) is 6.10 Å². The summed E-state index contributed by atoms with van der Waals surface area (Å²) in [5.74, 6) is -1.25. The summed E-state index contributed by atoms with van der Waals surface area (Å²) >= 11 is 0.532. The lowest BCUT2D eigenvalue weighted by atomic mass is 9.93. The number of hydrogen-bond donors (Lipinski definition) is 5.